The number of hydrogen-bond acceptors (Lipinski definition) is 3. The molecular weight excluding hydrogens is 144 g/mol. The van der Waals surface area contributed by atoms with Crippen LogP contribution in [0, 0.1) is 0 Å². The molecule has 0 aliphatic carbocycles. The zero-order chi connectivity index (χ0) is 6.69. The maximum Gasteiger partial charge on any atom is 0.302 e. The van der Waals surface area contributed by atoms with Crippen LogP contribution in [0.25, 0.3) is 0 Å². The minimum absolute atomic E-state index is 0.184. The van der Waals surface area contributed by atoms with Gasteiger partial charge in [0.05, 0.1) is 6.61 Å². The molecule has 1 unspecified atom stereocenters. The van der Waals surface area contributed by atoms with Crippen molar-refractivity contribution in [3.05, 3.63) is 0 Å². The van der Waals surface area contributed by atoms with Gasteiger partial charge in [0, 0.05) is 13.0 Å². The van der Waals surface area contributed by atoms with Crippen LogP contribution in [-0.4, -0.2) is 28.1 Å². The summed E-state index contributed by atoms with van der Waals surface area (Å²) in [6, 6.07) is 0. The maximum absolute atomic E-state index is 9.99. The Labute approximate surface area is 55.6 Å². The van der Waals surface area contributed by atoms with E-state index in [0.717, 1.165) is 0 Å². The minimum atomic E-state index is -2.14. The third kappa shape index (κ3) is 2.40. The second kappa shape index (κ2) is 3.26. The third-order valence-corrected chi connectivity index (χ3v) is 1.54. The Hall–Kier alpha value is 0.0300. The fraction of sp³-hybridized carbons (Fsp3) is 1.00. The van der Waals surface area contributed by atoms with E-state index >= 15 is 0 Å². The second-order valence-electron chi connectivity index (χ2n) is 1.80. The molecule has 0 radical (unpaired) electrons. The van der Waals surface area contributed by atoms with Gasteiger partial charge in [-0.2, -0.15) is 4.21 Å². The predicted molar refractivity (Wildman–Crippen MR) is 31.1 cm³/mol. The van der Waals surface area contributed by atoms with Gasteiger partial charge in [-0.05, 0) is 0 Å². The third-order valence-electron chi connectivity index (χ3n) is 1.11. The van der Waals surface area contributed by atoms with Crippen molar-refractivity contribution in [3.8, 4) is 0 Å². The molecule has 1 aliphatic rings. The average Bonchev–Trinajstić information content (AvgIpc) is 2.15. The van der Waals surface area contributed by atoms with E-state index in [1.54, 1.807) is 0 Å². The van der Waals surface area contributed by atoms with E-state index in [4.69, 9.17) is 9.29 Å². The molecule has 0 aromatic carbocycles. The average molecular weight is 152 g/mol. The van der Waals surface area contributed by atoms with Crippen molar-refractivity contribution in [2.45, 2.75) is 12.5 Å². The van der Waals surface area contributed by atoms with Crippen LogP contribution in [0.5, 0.6) is 0 Å². The van der Waals surface area contributed by atoms with E-state index in [1.165, 1.54) is 0 Å². The van der Waals surface area contributed by atoms with Gasteiger partial charge in [0.15, 0.2) is 0 Å². The summed E-state index contributed by atoms with van der Waals surface area (Å²) in [5, 5.41) is 0. The van der Waals surface area contributed by atoms with Crippen molar-refractivity contribution < 1.29 is 17.7 Å². The topological polar surface area (TPSA) is 55.8 Å². The lowest BCUT2D eigenvalue weighted by atomic mass is 10.3. The van der Waals surface area contributed by atoms with Crippen LogP contribution < -0.4 is 0 Å². The van der Waals surface area contributed by atoms with Gasteiger partial charge < -0.3 is 4.74 Å². The van der Waals surface area contributed by atoms with E-state index in [2.05, 4.69) is 4.18 Å². The first-order chi connectivity index (χ1) is 4.29. The zero-order valence-corrected chi connectivity index (χ0v) is 5.60. The Balaban J connectivity index is 2.19. The van der Waals surface area contributed by atoms with Gasteiger partial charge >= 0.3 is 11.4 Å². The Morgan fingerprint density at radius 2 is 2.56 bits per heavy atom. The molecule has 2 atom stereocenters. The number of ether oxygens (including phenoxy) is 1. The Morgan fingerprint density at radius 3 is 3.00 bits per heavy atom. The molecule has 1 N–H and O–H groups in total. The van der Waals surface area contributed by atoms with Crippen LogP contribution in [0.1, 0.15) is 6.42 Å². The molecular formula is C4H8O4S. The molecule has 0 bridgehead atoms. The van der Waals surface area contributed by atoms with Crippen LogP contribution >= 0.6 is 0 Å². The Morgan fingerprint density at radius 1 is 1.78 bits per heavy atom. The molecule has 9 heavy (non-hydrogen) atoms. The summed E-state index contributed by atoms with van der Waals surface area (Å²) in [7, 11) is 0. The van der Waals surface area contributed by atoms with Gasteiger partial charge in [-0.25, -0.2) is 0 Å². The van der Waals surface area contributed by atoms with Gasteiger partial charge in [0.25, 0.3) is 0 Å². The molecule has 0 saturated carbocycles. The van der Waals surface area contributed by atoms with Crippen molar-refractivity contribution in [3.63, 3.8) is 0 Å². The molecule has 1 heterocycles. The molecule has 1 saturated heterocycles. The molecule has 4 nitrogen and oxygen atoms in total. The predicted octanol–water partition coefficient (Wildman–Crippen LogP) is -0.0714. The summed E-state index contributed by atoms with van der Waals surface area (Å²) in [6.45, 7) is 1.06. The second-order valence-corrected chi connectivity index (χ2v) is 2.43. The molecule has 0 amide bonds. The van der Waals surface area contributed by atoms with Crippen molar-refractivity contribution in [2.75, 3.05) is 13.2 Å². The molecule has 1 aliphatic heterocycles. The summed E-state index contributed by atoms with van der Waals surface area (Å²) in [5.41, 5.74) is 0. The maximum atomic E-state index is 9.99. The van der Waals surface area contributed by atoms with E-state index in [9.17, 15) is 4.21 Å². The molecule has 0 aromatic rings. The highest BCUT2D eigenvalue weighted by molar-refractivity contribution is 7.74. The first-order valence-corrected chi connectivity index (χ1v) is 3.68. The molecule has 0 spiro atoms. The molecule has 1 rings (SSSR count). The molecule has 0 aromatic heterocycles. The first kappa shape index (κ1) is 7.14. The van der Waals surface area contributed by atoms with Gasteiger partial charge in [0.2, 0.25) is 0 Å². The van der Waals surface area contributed by atoms with E-state index in [1.807, 2.05) is 0 Å². The quantitative estimate of drug-likeness (QED) is 0.563. The van der Waals surface area contributed by atoms with Crippen molar-refractivity contribution >= 4 is 11.4 Å². The highest BCUT2D eigenvalue weighted by Crippen LogP contribution is 2.08. The highest BCUT2D eigenvalue weighted by Gasteiger charge is 2.17. The van der Waals surface area contributed by atoms with E-state index in [0.29, 0.717) is 19.6 Å². The highest BCUT2D eigenvalue weighted by atomic mass is 32.2. The van der Waals surface area contributed by atoms with Gasteiger partial charge in [0.1, 0.15) is 6.10 Å². The summed E-state index contributed by atoms with van der Waals surface area (Å²) in [5.74, 6) is 0. The van der Waals surface area contributed by atoms with E-state index < -0.39 is 11.4 Å². The molecule has 5 heteroatoms. The van der Waals surface area contributed by atoms with Crippen LogP contribution in [0.4, 0.5) is 0 Å². The summed E-state index contributed by atoms with van der Waals surface area (Å²) in [6.07, 6.45) is 0.530. The zero-order valence-electron chi connectivity index (χ0n) is 4.78. The fourth-order valence-electron chi connectivity index (χ4n) is 0.705. The largest absolute Gasteiger partial charge is 0.379 e. The minimum Gasteiger partial charge on any atom is -0.379 e. The van der Waals surface area contributed by atoms with Crippen LogP contribution in [0.2, 0.25) is 0 Å². The normalized spacial score (nSPS) is 30.6. The van der Waals surface area contributed by atoms with Crippen molar-refractivity contribution in [1.29, 1.82) is 0 Å². The lowest BCUT2D eigenvalue weighted by molar-refractivity contribution is 0.143. The van der Waals surface area contributed by atoms with Gasteiger partial charge in [-0.15, -0.1) is 0 Å². The standard InChI is InChI=1S/C4H8O4S/c5-9(6)8-4-1-2-7-3-4/h4H,1-3H2,(H,5,6)/t4-/m1/s1. The number of hydrogen-bond donors (Lipinski definition) is 1. The summed E-state index contributed by atoms with van der Waals surface area (Å²) >= 11 is -2.14. The van der Waals surface area contributed by atoms with Crippen LogP contribution in [0.3, 0.4) is 0 Å². The Kier molecular flexibility index (Phi) is 2.59. The van der Waals surface area contributed by atoms with Gasteiger partial charge in [-0.1, -0.05) is 0 Å². The molecule has 54 valence electrons. The van der Waals surface area contributed by atoms with Crippen LogP contribution in [-0.2, 0) is 20.3 Å². The smallest absolute Gasteiger partial charge is 0.302 e. The first-order valence-electron chi connectivity index (χ1n) is 2.65. The molecule has 1 fully saturated rings. The summed E-state index contributed by atoms with van der Waals surface area (Å²) in [4.78, 5) is 0. The Bertz CT molecular complexity index is 109. The SMILES string of the molecule is O=S(O)O[C@@H]1CCOC1. The van der Waals surface area contributed by atoms with Crippen molar-refractivity contribution in [2.24, 2.45) is 0 Å². The fourth-order valence-corrected chi connectivity index (χ4v) is 1.09. The lowest BCUT2D eigenvalue weighted by Gasteiger charge is -2.01. The van der Waals surface area contributed by atoms with Crippen LogP contribution in [0.15, 0.2) is 0 Å². The van der Waals surface area contributed by atoms with Gasteiger partial charge in [-0.3, -0.25) is 8.74 Å². The number of rotatable bonds is 2. The lowest BCUT2D eigenvalue weighted by Crippen LogP contribution is -2.13. The monoisotopic (exact) mass is 152 g/mol. The van der Waals surface area contributed by atoms with Crippen molar-refractivity contribution in [1.82, 2.24) is 0 Å². The summed E-state index contributed by atoms with van der Waals surface area (Å²) < 4.78 is 27.6. The van der Waals surface area contributed by atoms with E-state index in [-0.39, 0.29) is 6.10 Å².